The Morgan fingerprint density at radius 1 is 1.24 bits per heavy atom. The molecule has 1 aromatic carbocycles. The number of carbonyl (C=O) groups is 1. The van der Waals surface area contributed by atoms with Gasteiger partial charge in [-0.1, -0.05) is 13.8 Å². The van der Waals surface area contributed by atoms with Gasteiger partial charge in [-0.15, -0.1) is 0 Å². The monoisotopic (exact) mass is 406 g/mol. The van der Waals surface area contributed by atoms with Crippen molar-refractivity contribution in [1.29, 1.82) is 0 Å². The maximum atomic E-state index is 13.5. The smallest absolute Gasteiger partial charge is 0.219 e. The third kappa shape index (κ3) is 5.70. The molecule has 162 valence electrons. The van der Waals surface area contributed by atoms with Gasteiger partial charge in [0, 0.05) is 32.6 Å². The molecular weight excluding hydrogens is 371 g/mol. The zero-order valence-corrected chi connectivity index (χ0v) is 18.2. The number of nitrogens with zero attached hydrogens (tertiary/aromatic N) is 2. The zero-order valence-electron chi connectivity index (χ0n) is 18.2. The molecule has 29 heavy (non-hydrogen) atoms. The summed E-state index contributed by atoms with van der Waals surface area (Å²) in [6.07, 6.45) is 4.57. The minimum atomic E-state index is -1.17. The average molecular weight is 407 g/mol. The van der Waals surface area contributed by atoms with Crippen molar-refractivity contribution in [3.8, 4) is 5.75 Å². The van der Waals surface area contributed by atoms with Gasteiger partial charge in [-0.05, 0) is 61.8 Å². The van der Waals surface area contributed by atoms with Crippen molar-refractivity contribution in [2.45, 2.75) is 65.0 Å². The lowest BCUT2D eigenvalue weighted by Gasteiger charge is -2.41. The lowest BCUT2D eigenvalue weighted by Crippen LogP contribution is -2.53. The van der Waals surface area contributed by atoms with Crippen molar-refractivity contribution in [2.24, 2.45) is 5.41 Å². The summed E-state index contributed by atoms with van der Waals surface area (Å²) in [5.74, 6) is 0.217. The molecule has 0 bridgehead atoms. The van der Waals surface area contributed by atoms with Crippen molar-refractivity contribution in [3.05, 3.63) is 29.6 Å². The number of rotatable bonds is 4. The van der Waals surface area contributed by atoms with Crippen LogP contribution in [-0.2, 0) is 4.79 Å². The minimum Gasteiger partial charge on any atom is -0.490 e. The molecule has 1 saturated heterocycles. The normalized spacial score (nSPS) is 26.2. The summed E-state index contributed by atoms with van der Waals surface area (Å²) in [7, 11) is 0. The van der Waals surface area contributed by atoms with Crippen LogP contribution >= 0.6 is 0 Å². The SMILES string of the molecule is CC(=O)N1CCN(C2CCC(C)(C)CC2)CC(O)(COc2ccc(F)c(C)c2)C1. The molecule has 1 unspecified atom stereocenters. The summed E-state index contributed by atoms with van der Waals surface area (Å²) >= 11 is 0. The maximum absolute atomic E-state index is 13.5. The fourth-order valence-electron chi connectivity index (χ4n) is 4.54. The third-order valence-corrected chi connectivity index (χ3v) is 6.55. The quantitative estimate of drug-likeness (QED) is 0.833. The molecule has 2 fully saturated rings. The van der Waals surface area contributed by atoms with Crippen LogP contribution in [0, 0.1) is 18.2 Å². The van der Waals surface area contributed by atoms with Crippen LogP contribution in [0.4, 0.5) is 4.39 Å². The van der Waals surface area contributed by atoms with Crippen molar-refractivity contribution in [2.75, 3.05) is 32.8 Å². The standard InChI is InChI=1S/C23H35FN2O3/c1-17-13-20(5-6-21(17)24)29-16-23(28)14-25(18(2)27)11-12-26(15-23)19-7-9-22(3,4)10-8-19/h5-6,13,19,28H,7-12,14-16H2,1-4H3. The Bertz CT molecular complexity index is 729. The molecule has 0 spiro atoms. The molecule has 1 amide bonds. The number of hydrogen-bond donors (Lipinski definition) is 1. The fourth-order valence-corrected chi connectivity index (χ4v) is 4.54. The van der Waals surface area contributed by atoms with Gasteiger partial charge < -0.3 is 14.7 Å². The molecule has 0 radical (unpaired) electrons. The summed E-state index contributed by atoms with van der Waals surface area (Å²) in [5.41, 5.74) is -0.280. The molecule has 1 heterocycles. The van der Waals surface area contributed by atoms with Crippen molar-refractivity contribution in [1.82, 2.24) is 9.80 Å². The molecule has 1 saturated carbocycles. The van der Waals surface area contributed by atoms with Crippen LogP contribution in [0.5, 0.6) is 5.75 Å². The van der Waals surface area contributed by atoms with Gasteiger partial charge in [-0.25, -0.2) is 4.39 Å². The van der Waals surface area contributed by atoms with Gasteiger partial charge >= 0.3 is 0 Å². The Balaban J connectivity index is 1.72. The Hall–Kier alpha value is -1.66. The first kappa shape index (κ1) is 22.0. The molecule has 1 N–H and O–H groups in total. The molecule has 3 rings (SSSR count). The summed E-state index contributed by atoms with van der Waals surface area (Å²) in [6, 6.07) is 5.01. The van der Waals surface area contributed by atoms with E-state index in [4.69, 9.17) is 4.74 Å². The summed E-state index contributed by atoms with van der Waals surface area (Å²) in [5, 5.41) is 11.4. The van der Waals surface area contributed by atoms with Crippen LogP contribution in [0.1, 0.15) is 52.0 Å². The summed E-state index contributed by atoms with van der Waals surface area (Å²) in [4.78, 5) is 16.1. The van der Waals surface area contributed by atoms with Crippen LogP contribution in [0.15, 0.2) is 18.2 Å². The van der Waals surface area contributed by atoms with E-state index >= 15 is 0 Å². The molecule has 1 aliphatic heterocycles. The number of aliphatic hydroxyl groups is 1. The second kappa shape index (κ2) is 8.60. The van der Waals surface area contributed by atoms with Gasteiger partial charge in [0.15, 0.2) is 0 Å². The van der Waals surface area contributed by atoms with Gasteiger partial charge in [-0.2, -0.15) is 0 Å². The first-order valence-electron chi connectivity index (χ1n) is 10.7. The Kier molecular flexibility index (Phi) is 6.54. The minimum absolute atomic E-state index is 0.0346. The number of amides is 1. The average Bonchev–Trinajstić information content (AvgIpc) is 2.83. The number of benzene rings is 1. The number of carbonyl (C=O) groups excluding carboxylic acids is 1. The predicted octanol–water partition coefficient (Wildman–Crippen LogP) is 3.38. The summed E-state index contributed by atoms with van der Waals surface area (Å²) in [6.45, 7) is 10.0. The lowest BCUT2D eigenvalue weighted by molar-refractivity contribution is -0.132. The van der Waals surface area contributed by atoms with E-state index in [0.717, 1.165) is 19.4 Å². The van der Waals surface area contributed by atoms with E-state index in [2.05, 4.69) is 18.7 Å². The number of halogens is 1. The highest BCUT2D eigenvalue weighted by atomic mass is 19.1. The highest BCUT2D eigenvalue weighted by molar-refractivity contribution is 5.73. The Morgan fingerprint density at radius 2 is 1.93 bits per heavy atom. The molecule has 6 heteroatoms. The molecule has 1 aliphatic carbocycles. The first-order chi connectivity index (χ1) is 13.6. The predicted molar refractivity (Wildman–Crippen MR) is 111 cm³/mol. The Morgan fingerprint density at radius 3 is 2.55 bits per heavy atom. The number of aryl methyl sites for hydroxylation is 1. The highest BCUT2D eigenvalue weighted by Gasteiger charge is 2.40. The third-order valence-electron chi connectivity index (χ3n) is 6.55. The second-order valence-corrected chi connectivity index (χ2v) is 9.73. The second-order valence-electron chi connectivity index (χ2n) is 9.73. The van der Waals surface area contributed by atoms with Gasteiger partial charge in [0.2, 0.25) is 5.91 Å². The number of β-amino-alcohol motifs (C(OH)–C–C–N with tert-alkyl or cyclic N) is 1. The van der Waals surface area contributed by atoms with Gasteiger partial charge in [0.1, 0.15) is 23.8 Å². The molecule has 2 aliphatic rings. The van der Waals surface area contributed by atoms with E-state index in [-0.39, 0.29) is 24.9 Å². The van der Waals surface area contributed by atoms with Gasteiger partial charge in [-0.3, -0.25) is 9.69 Å². The van der Waals surface area contributed by atoms with Crippen LogP contribution in [-0.4, -0.2) is 65.2 Å². The Labute approximate surface area is 173 Å². The van der Waals surface area contributed by atoms with Crippen molar-refractivity contribution in [3.63, 3.8) is 0 Å². The number of hydrogen-bond acceptors (Lipinski definition) is 4. The molecule has 1 aromatic rings. The van der Waals surface area contributed by atoms with E-state index in [1.165, 1.54) is 18.9 Å². The molecule has 1 atom stereocenters. The van der Waals surface area contributed by atoms with E-state index in [9.17, 15) is 14.3 Å². The first-order valence-corrected chi connectivity index (χ1v) is 10.7. The van der Waals surface area contributed by atoms with E-state index in [1.54, 1.807) is 30.9 Å². The van der Waals surface area contributed by atoms with Crippen molar-refractivity contribution < 1.29 is 19.0 Å². The molecule has 0 aromatic heterocycles. The van der Waals surface area contributed by atoms with Crippen LogP contribution in [0.3, 0.4) is 0 Å². The van der Waals surface area contributed by atoms with Crippen LogP contribution < -0.4 is 4.74 Å². The van der Waals surface area contributed by atoms with E-state index in [0.29, 0.717) is 35.9 Å². The zero-order chi connectivity index (χ0) is 21.2. The highest BCUT2D eigenvalue weighted by Crippen LogP contribution is 2.37. The molecular formula is C23H35FN2O3. The van der Waals surface area contributed by atoms with E-state index in [1.807, 2.05) is 0 Å². The largest absolute Gasteiger partial charge is 0.490 e. The molecule has 5 nitrogen and oxygen atoms in total. The lowest BCUT2D eigenvalue weighted by atomic mass is 9.75. The van der Waals surface area contributed by atoms with Gasteiger partial charge in [0.05, 0.1) is 6.54 Å². The van der Waals surface area contributed by atoms with Crippen molar-refractivity contribution >= 4 is 5.91 Å². The fraction of sp³-hybridized carbons (Fsp3) is 0.696. The summed E-state index contributed by atoms with van der Waals surface area (Å²) < 4.78 is 19.4. The van der Waals surface area contributed by atoms with E-state index < -0.39 is 5.60 Å². The topological polar surface area (TPSA) is 53.0 Å². The van der Waals surface area contributed by atoms with Gasteiger partial charge in [0.25, 0.3) is 0 Å². The number of ether oxygens (including phenoxy) is 1. The van der Waals surface area contributed by atoms with Crippen LogP contribution in [0.2, 0.25) is 0 Å². The maximum Gasteiger partial charge on any atom is 0.219 e. The van der Waals surface area contributed by atoms with Crippen LogP contribution in [0.25, 0.3) is 0 Å².